The van der Waals surface area contributed by atoms with Gasteiger partial charge in [-0.15, -0.1) is 0 Å². The van der Waals surface area contributed by atoms with Crippen molar-refractivity contribution in [1.82, 2.24) is 15.6 Å². The summed E-state index contributed by atoms with van der Waals surface area (Å²) < 4.78 is 12.6. The van der Waals surface area contributed by atoms with Gasteiger partial charge in [-0.3, -0.25) is 4.79 Å². The average Bonchev–Trinajstić information content (AvgIpc) is 3.58. The van der Waals surface area contributed by atoms with E-state index in [1.165, 1.54) is 70.3 Å². The summed E-state index contributed by atoms with van der Waals surface area (Å²) in [4.78, 5) is 30.7. The Morgan fingerprint density at radius 2 is 1.63 bits per heavy atom. The van der Waals surface area contributed by atoms with E-state index in [0.29, 0.717) is 36.2 Å². The highest BCUT2D eigenvalue weighted by Crippen LogP contribution is 2.23. The van der Waals surface area contributed by atoms with Crippen LogP contribution < -0.4 is 20.3 Å². The molecule has 0 aliphatic heterocycles. The lowest BCUT2D eigenvalue weighted by atomic mass is 9.91. The molecule has 6 rings (SSSR count). The molecule has 3 aromatic carbocycles. The molecule has 0 amide bonds. The minimum absolute atomic E-state index is 0.180. The van der Waals surface area contributed by atoms with Gasteiger partial charge in [-0.2, -0.15) is 4.98 Å². The largest absolute Gasteiger partial charge is 0.492 e. The van der Waals surface area contributed by atoms with Gasteiger partial charge < -0.3 is 29.8 Å². The van der Waals surface area contributed by atoms with Gasteiger partial charge in [-0.1, -0.05) is 74.9 Å². The summed E-state index contributed by atoms with van der Waals surface area (Å²) in [7, 11) is 1.89. The lowest BCUT2D eigenvalue weighted by Crippen LogP contribution is -2.40. The number of carboxylic acid groups (broad SMARTS) is 1. The number of anilines is 1. The molecule has 10 heteroatoms. The second-order valence-electron chi connectivity index (χ2n) is 13.7. The molecule has 1 aromatic heterocycles. The normalized spacial score (nSPS) is 16.2. The summed E-state index contributed by atoms with van der Waals surface area (Å²) in [5, 5.41) is 16.5. The van der Waals surface area contributed by atoms with E-state index in [1.54, 1.807) is 19.1 Å². The fourth-order valence-electron chi connectivity index (χ4n) is 6.69. The van der Waals surface area contributed by atoms with E-state index in [1.807, 2.05) is 72.6 Å². The van der Waals surface area contributed by atoms with Gasteiger partial charge in [-0.05, 0) is 97.2 Å². The number of benzene rings is 3. The number of allylic oxidation sites excluding steroid dienone is 2. The minimum atomic E-state index is -0.998. The van der Waals surface area contributed by atoms with Crippen LogP contribution in [0.1, 0.15) is 87.1 Å². The number of halogens is 1. The molecule has 2 fully saturated rings. The highest BCUT2D eigenvalue weighted by molar-refractivity contribution is 14.1. The van der Waals surface area contributed by atoms with Crippen molar-refractivity contribution in [2.75, 3.05) is 25.1 Å². The molecule has 1 heterocycles. The van der Waals surface area contributed by atoms with Crippen LogP contribution in [0, 0.1) is 3.57 Å². The molecule has 2 aliphatic carbocycles. The molecule has 272 valence electrons. The molecule has 51 heavy (non-hydrogen) atoms. The average molecular weight is 807 g/mol. The summed E-state index contributed by atoms with van der Waals surface area (Å²) in [6.45, 7) is 2.69. The van der Waals surface area contributed by atoms with Crippen molar-refractivity contribution in [3.8, 4) is 5.75 Å². The van der Waals surface area contributed by atoms with Crippen molar-refractivity contribution < 1.29 is 23.8 Å². The van der Waals surface area contributed by atoms with E-state index in [4.69, 9.17) is 9.15 Å². The topological polar surface area (TPSA) is 117 Å². The summed E-state index contributed by atoms with van der Waals surface area (Å²) in [6, 6.07) is 23.6. The van der Waals surface area contributed by atoms with Gasteiger partial charge in [0.05, 0.1) is 6.54 Å². The van der Waals surface area contributed by atoms with E-state index in [9.17, 15) is 14.7 Å². The van der Waals surface area contributed by atoms with Crippen molar-refractivity contribution in [1.29, 1.82) is 0 Å². The van der Waals surface area contributed by atoms with Crippen molar-refractivity contribution >= 4 is 51.5 Å². The molecule has 0 spiro atoms. The first-order valence-electron chi connectivity index (χ1n) is 18.3. The summed E-state index contributed by atoms with van der Waals surface area (Å²) >= 11 is 2.15. The molecule has 9 nitrogen and oxygen atoms in total. The van der Waals surface area contributed by atoms with E-state index >= 15 is 0 Å². The molecule has 0 bridgehead atoms. The van der Waals surface area contributed by atoms with Gasteiger partial charge in [0.2, 0.25) is 0 Å². The number of ketones is 1. The molecule has 4 aromatic rings. The lowest BCUT2D eigenvalue weighted by molar-refractivity contribution is -0.139. The lowest BCUT2D eigenvalue weighted by Gasteiger charge is -2.30. The molecule has 2 saturated carbocycles. The highest BCUT2D eigenvalue weighted by atomic mass is 127. The number of fused-ring (bicyclic) bond motifs is 1. The van der Waals surface area contributed by atoms with Crippen LogP contribution in [0.4, 0.5) is 6.01 Å². The number of hydrogen-bond donors (Lipinski definition) is 3. The first-order valence-corrected chi connectivity index (χ1v) is 19.3. The van der Waals surface area contributed by atoms with Crippen molar-refractivity contribution in [3.63, 3.8) is 0 Å². The van der Waals surface area contributed by atoms with Gasteiger partial charge in [0.15, 0.2) is 11.4 Å². The number of aromatic nitrogens is 1. The number of nitrogens with one attached hydrogen (secondary N) is 2. The Kier molecular flexibility index (Phi) is 14.8. The molecule has 1 atom stereocenters. The SMILES string of the molecule is C1CCC(NC2CCCCC2)CC1.CC(=CC(=O)c1cccc(I)c1)N[C@@H](Cc1ccc(OCCN(C)c2nc3ccccc3o2)cc1)C(=O)O. The Hall–Kier alpha value is -3.90. The number of carboxylic acids is 1. The number of oxazole rings is 1. The van der Waals surface area contributed by atoms with E-state index < -0.39 is 12.0 Å². The van der Waals surface area contributed by atoms with Crippen molar-refractivity contribution in [2.45, 2.75) is 95.7 Å². The minimum Gasteiger partial charge on any atom is -0.492 e. The number of nitrogens with zero attached hydrogens (tertiary/aromatic N) is 2. The monoisotopic (exact) mass is 806 g/mol. The predicted octanol–water partition coefficient (Wildman–Crippen LogP) is 8.56. The fourth-order valence-corrected chi connectivity index (χ4v) is 7.23. The summed E-state index contributed by atoms with van der Waals surface area (Å²) in [5.41, 5.74) is 3.42. The molecular weight excluding hydrogens is 755 g/mol. The van der Waals surface area contributed by atoms with Gasteiger partial charge in [0.1, 0.15) is 23.9 Å². The third-order valence-corrected chi connectivity index (χ3v) is 10.2. The van der Waals surface area contributed by atoms with Crippen molar-refractivity contribution in [2.24, 2.45) is 0 Å². The van der Waals surface area contributed by atoms with Crippen molar-refractivity contribution in [3.05, 3.63) is 99.3 Å². The zero-order chi connectivity index (χ0) is 36.0. The highest BCUT2D eigenvalue weighted by Gasteiger charge is 2.20. The zero-order valence-electron chi connectivity index (χ0n) is 29.8. The maximum absolute atomic E-state index is 12.5. The van der Waals surface area contributed by atoms with Crippen LogP contribution in [0.5, 0.6) is 5.75 Å². The van der Waals surface area contributed by atoms with E-state index in [-0.39, 0.29) is 12.2 Å². The van der Waals surface area contributed by atoms with Crippen LogP contribution >= 0.6 is 22.6 Å². The number of rotatable bonds is 14. The second kappa shape index (κ2) is 19.6. The second-order valence-corrected chi connectivity index (χ2v) is 14.9. The maximum atomic E-state index is 12.5. The Labute approximate surface area is 315 Å². The number of likely N-dealkylation sites (N-methyl/N-ethyl adjacent to an activating group) is 1. The van der Waals surface area contributed by atoms with E-state index in [0.717, 1.165) is 32.3 Å². The van der Waals surface area contributed by atoms with Crippen LogP contribution in [0.2, 0.25) is 0 Å². The van der Waals surface area contributed by atoms with Crippen LogP contribution in [-0.4, -0.2) is 60.2 Å². The van der Waals surface area contributed by atoms with Gasteiger partial charge in [0, 0.05) is 46.5 Å². The van der Waals surface area contributed by atoms with Gasteiger partial charge >= 0.3 is 5.97 Å². The predicted molar refractivity (Wildman–Crippen MR) is 212 cm³/mol. The summed E-state index contributed by atoms with van der Waals surface area (Å²) in [6.07, 6.45) is 16.2. The number of aliphatic carboxylic acids is 1. The first-order chi connectivity index (χ1) is 24.7. The first kappa shape index (κ1) is 38.3. The third-order valence-electron chi connectivity index (χ3n) is 9.51. The van der Waals surface area contributed by atoms with Crippen LogP contribution in [0.25, 0.3) is 11.1 Å². The molecule has 0 saturated heterocycles. The smallest absolute Gasteiger partial charge is 0.326 e. The Balaban J connectivity index is 0.000000323. The summed E-state index contributed by atoms with van der Waals surface area (Å²) in [5.74, 6) is -0.498. The van der Waals surface area contributed by atoms with E-state index in [2.05, 4.69) is 38.2 Å². The number of carbonyl (C=O) groups is 2. The Morgan fingerprint density at radius 1 is 0.961 bits per heavy atom. The number of carbonyl (C=O) groups excluding carboxylic acids is 1. The Morgan fingerprint density at radius 3 is 2.25 bits per heavy atom. The molecular formula is C41H51IN4O5. The quantitative estimate of drug-likeness (QED) is 0.0655. The van der Waals surface area contributed by atoms with Gasteiger partial charge in [0.25, 0.3) is 6.01 Å². The molecule has 2 aliphatic rings. The maximum Gasteiger partial charge on any atom is 0.326 e. The molecule has 0 radical (unpaired) electrons. The van der Waals surface area contributed by atoms with Crippen LogP contribution in [-0.2, 0) is 11.2 Å². The number of hydrogen-bond acceptors (Lipinski definition) is 8. The zero-order valence-corrected chi connectivity index (χ0v) is 31.9. The third kappa shape index (κ3) is 12.4. The fraction of sp³-hybridized carbons (Fsp3) is 0.439. The molecule has 3 N–H and O–H groups in total. The standard InChI is InChI=1S/C29H28IN3O5.C12H23N/c1-19(16-26(34)21-6-5-7-22(30)18-21)31-25(28(35)36)17-20-10-12-23(13-11-20)37-15-14-33(2)29-32-24-8-3-4-9-27(24)38-29;1-3-7-11(8-4-1)13-12-9-5-2-6-10-12/h3-13,16,18,25,31H,14-15,17H2,1-2H3,(H,35,36);11-13H,1-10H2/t25-;/m0./s1. The molecule has 0 unspecified atom stereocenters. The van der Waals surface area contributed by atoms with Crippen LogP contribution in [0.15, 0.2) is 89.0 Å². The van der Waals surface area contributed by atoms with Gasteiger partial charge in [-0.25, -0.2) is 4.79 Å². The Bertz CT molecular complexity index is 1680. The van der Waals surface area contributed by atoms with Crippen LogP contribution in [0.3, 0.4) is 0 Å². The number of para-hydroxylation sites is 2. The number of ether oxygens (including phenoxy) is 1.